The molecule has 1 aliphatic rings. The summed E-state index contributed by atoms with van der Waals surface area (Å²) in [5.74, 6) is 2.53. The number of aliphatic hydroxyl groups is 1. The lowest BCUT2D eigenvalue weighted by molar-refractivity contribution is 0.104. The van der Waals surface area contributed by atoms with Crippen LogP contribution in [0.5, 0.6) is 5.75 Å². The van der Waals surface area contributed by atoms with Crippen LogP contribution in [-0.4, -0.2) is 45.7 Å². The first-order chi connectivity index (χ1) is 12.0. The monoisotopic (exact) mass is 344 g/mol. The number of hydrogen-bond acceptors (Lipinski definition) is 5. The van der Waals surface area contributed by atoms with Gasteiger partial charge in [0.25, 0.3) is 0 Å². The molecule has 0 bridgehead atoms. The lowest BCUT2D eigenvalue weighted by Gasteiger charge is -2.24. The van der Waals surface area contributed by atoms with Gasteiger partial charge in [-0.25, -0.2) is 0 Å². The van der Waals surface area contributed by atoms with Gasteiger partial charge in [0.1, 0.15) is 30.6 Å². The smallest absolute Gasteiger partial charge is 0.132 e. The van der Waals surface area contributed by atoms with Gasteiger partial charge in [-0.2, -0.15) is 0 Å². The molecule has 2 N–H and O–H groups in total. The lowest BCUT2D eigenvalue weighted by Crippen LogP contribution is -2.36. The fourth-order valence-corrected chi connectivity index (χ4v) is 3.33. The number of fused-ring (bicyclic) bond motifs is 1. The Morgan fingerprint density at radius 3 is 2.96 bits per heavy atom. The summed E-state index contributed by atoms with van der Waals surface area (Å²) in [7, 11) is 0. The number of aryl methyl sites for hydroxylation is 3. The Morgan fingerprint density at radius 1 is 1.32 bits per heavy atom. The summed E-state index contributed by atoms with van der Waals surface area (Å²) in [6, 6.07) is 4.16. The van der Waals surface area contributed by atoms with E-state index in [4.69, 9.17) is 4.74 Å². The molecule has 0 radical (unpaired) electrons. The van der Waals surface area contributed by atoms with Gasteiger partial charge in [0.05, 0.1) is 0 Å². The summed E-state index contributed by atoms with van der Waals surface area (Å²) in [6.07, 6.45) is 3.37. The molecule has 0 saturated carbocycles. The number of ether oxygens (including phenoxy) is 1. The van der Waals surface area contributed by atoms with Crippen molar-refractivity contribution in [1.29, 1.82) is 0 Å². The number of nitrogens with zero attached hydrogens (tertiary/aromatic N) is 3. The van der Waals surface area contributed by atoms with Crippen LogP contribution in [0.2, 0.25) is 0 Å². The van der Waals surface area contributed by atoms with Crippen molar-refractivity contribution in [2.45, 2.75) is 46.3 Å². The van der Waals surface area contributed by atoms with Gasteiger partial charge in [-0.1, -0.05) is 12.1 Å². The molecule has 2 heterocycles. The molecule has 0 saturated heterocycles. The molecule has 0 fully saturated rings. The molecule has 3 rings (SSSR count). The van der Waals surface area contributed by atoms with E-state index >= 15 is 0 Å². The van der Waals surface area contributed by atoms with Crippen molar-refractivity contribution < 1.29 is 9.84 Å². The fourth-order valence-electron chi connectivity index (χ4n) is 3.33. The topological polar surface area (TPSA) is 72.2 Å². The second-order valence-corrected chi connectivity index (χ2v) is 7.08. The van der Waals surface area contributed by atoms with E-state index in [2.05, 4.69) is 46.1 Å². The van der Waals surface area contributed by atoms with Crippen LogP contribution in [0.1, 0.15) is 28.9 Å². The average molecular weight is 344 g/mol. The molecule has 2 aromatic rings. The Hall–Kier alpha value is -1.92. The average Bonchev–Trinajstić information content (AvgIpc) is 3.06. The Balaban J connectivity index is 1.40. The summed E-state index contributed by atoms with van der Waals surface area (Å²) in [5.41, 5.74) is 3.46. The van der Waals surface area contributed by atoms with Crippen molar-refractivity contribution in [3.8, 4) is 5.75 Å². The van der Waals surface area contributed by atoms with Crippen molar-refractivity contribution in [1.82, 2.24) is 20.1 Å². The Labute approximate surface area is 149 Å². The highest BCUT2D eigenvalue weighted by Crippen LogP contribution is 2.25. The zero-order chi connectivity index (χ0) is 17.8. The summed E-state index contributed by atoms with van der Waals surface area (Å²) < 4.78 is 8.00. The van der Waals surface area contributed by atoms with E-state index in [1.54, 1.807) is 6.33 Å². The third-order valence-corrected chi connectivity index (χ3v) is 5.03. The van der Waals surface area contributed by atoms with Gasteiger partial charge in [0.15, 0.2) is 0 Å². The molecule has 6 nitrogen and oxygen atoms in total. The molecule has 0 spiro atoms. The molecule has 136 valence electrons. The first-order valence-electron chi connectivity index (χ1n) is 8.99. The van der Waals surface area contributed by atoms with Crippen LogP contribution in [0, 0.1) is 26.7 Å². The second-order valence-electron chi connectivity index (χ2n) is 7.08. The molecule has 1 aliphatic heterocycles. The van der Waals surface area contributed by atoms with Gasteiger partial charge in [0.2, 0.25) is 0 Å². The maximum atomic E-state index is 10.2. The minimum atomic E-state index is -0.520. The van der Waals surface area contributed by atoms with Gasteiger partial charge in [-0.15, -0.1) is 10.2 Å². The Bertz CT molecular complexity index is 713. The Kier molecular flexibility index (Phi) is 5.71. The van der Waals surface area contributed by atoms with E-state index in [0.717, 1.165) is 48.6 Å². The quantitative estimate of drug-likeness (QED) is 0.801. The van der Waals surface area contributed by atoms with Crippen LogP contribution < -0.4 is 10.1 Å². The standard InChI is InChI=1S/C19H28N4O2/c1-13-4-5-14(2)19(15(13)3)25-11-17(24)9-20-8-16-6-7-18-22-21-12-23(18)10-16/h4-5,12,16-17,20,24H,6-11H2,1-3H3/t16-,17-/m0/s1. The maximum absolute atomic E-state index is 10.2. The van der Waals surface area contributed by atoms with E-state index in [9.17, 15) is 5.11 Å². The van der Waals surface area contributed by atoms with E-state index in [1.165, 1.54) is 5.56 Å². The largest absolute Gasteiger partial charge is 0.490 e. The SMILES string of the molecule is Cc1ccc(C)c(OC[C@@H](O)CNC[C@@H]2CCc3nncn3C2)c1C. The predicted molar refractivity (Wildman–Crippen MR) is 96.9 cm³/mol. The molecule has 6 heteroatoms. The van der Waals surface area contributed by atoms with Crippen LogP contribution in [0.25, 0.3) is 0 Å². The van der Waals surface area contributed by atoms with Crippen LogP contribution in [-0.2, 0) is 13.0 Å². The number of rotatable bonds is 7. The summed E-state index contributed by atoms with van der Waals surface area (Å²) in [4.78, 5) is 0. The summed E-state index contributed by atoms with van der Waals surface area (Å²) in [5, 5.41) is 21.6. The van der Waals surface area contributed by atoms with Crippen molar-refractivity contribution in [3.05, 3.63) is 41.0 Å². The lowest BCUT2D eigenvalue weighted by atomic mass is 9.99. The predicted octanol–water partition coefficient (Wildman–Crippen LogP) is 1.80. The first kappa shape index (κ1) is 17.9. The number of benzene rings is 1. The van der Waals surface area contributed by atoms with Crippen molar-refractivity contribution in [2.24, 2.45) is 5.92 Å². The third kappa shape index (κ3) is 4.38. The van der Waals surface area contributed by atoms with Gasteiger partial charge >= 0.3 is 0 Å². The summed E-state index contributed by atoms with van der Waals surface area (Å²) >= 11 is 0. The molecule has 0 aliphatic carbocycles. The highest BCUT2D eigenvalue weighted by molar-refractivity contribution is 5.44. The summed E-state index contributed by atoms with van der Waals surface area (Å²) in [6.45, 7) is 8.85. The number of aromatic nitrogens is 3. The van der Waals surface area contributed by atoms with Gasteiger partial charge in [-0.05, 0) is 56.3 Å². The normalized spacial score (nSPS) is 18.0. The molecule has 1 aromatic heterocycles. The van der Waals surface area contributed by atoms with Crippen LogP contribution in [0.4, 0.5) is 0 Å². The molecule has 0 unspecified atom stereocenters. The van der Waals surface area contributed by atoms with E-state index < -0.39 is 6.10 Å². The zero-order valence-corrected chi connectivity index (χ0v) is 15.3. The van der Waals surface area contributed by atoms with Gasteiger partial charge in [-0.3, -0.25) is 0 Å². The van der Waals surface area contributed by atoms with Crippen LogP contribution >= 0.6 is 0 Å². The highest BCUT2D eigenvalue weighted by atomic mass is 16.5. The fraction of sp³-hybridized carbons (Fsp3) is 0.579. The van der Waals surface area contributed by atoms with Crippen LogP contribution in [0.3, 0.4) is 0 Å². The van der Waals surface area contributed by atoms with E-state index in [0.29, 0.717) is 19.1 Å². The van der Waals surface area contributed by atoms with E-state index in [1.807, 2.05) is 6.92 Å². The van der Waals surface area contributed by atoms with Crippen molar-refractivity contribution in [2.75, 3.05) is 19.7 Å². The van der Waals surface area contributed by atoms with Crippen LogP contribution in [0.15, 0.2) is 18.5 Å². The number of nitrogens with one attached hydrogen (secondary N) is 1. The first-order valence-corrected chi connectivity index (χ1v) is 8.99. The van der Waals surface area contributed by atoms with E-state index in [-0.39, 0.29) is 0 Å². The zero-order valence-electron chi connectivity index (χ0n) is 15.3. The Morgan fingerprint density at radius 2 is 2.12 bits per heavy atom. The third-order valence-electron chi connectivity index (χ3n) is 5.03. The number of hydrogen-bond donors (Lipinski definition) is 2. The number of aliphatic hydroxyl groups excluding tert-OH is 1. The van der Waals surface area contributed by atoms with Gasteiger partial charge < -0.3 is 19.7 Å². The molecule has 2 atom stereocenters. The molecule has 1 aromatic carbocycles. The molecule has 0 amide bonds. The van der Waals surface area contributed by atoms with Crippen molar-refractivity contribution >= 4 is 0 Å². The second kappa shape index (κ2) is 7.97. The molecular weight excluding hydrogens is 316 g/mol. The van der Waals surface area contributed by atoms with Gasteiger partial charge in [0, 0.05) is 19.5 Å². The maximum Gasteiger partial charge on any atom is 0.132 e. The van der Waals surface area contributed by atoms with Crippen molar-refractivity contribution in [3.63, 3.8) is 0 Å². The minimum absolute atomic E-state index is 0.304. The minimum Gasteiger partial charge on any atom is -0.490 e. The molecular formula is C19H28N4O2. The molecule has 25 heavy (non-hydrogen) atoms. The highest BCUT2D eigenvalue weighted by Gasteiger charge is 2.19.